The van der Waals surface area contributed by atoms with E-state index < -0.39 is 0 Å². The fourth-order valence-corrected chi connectivity index (χ4v) is 5.83. The van der Waals surface area contributed by atoms with E-state index in [-0.39, 0.29) is 22.5 Å². The van der Waals surface area contributed by atoms with Gasteiger partial charge in [-0.2, -0.15) is 0 Å². The highest BCUT2D eigenvalue weighted by Gasteiger charge is 2.43. The topological polar surface area (TPSA) is 61.2 Å². The van der Waals surface area contributed by atoms with Crippen LogP contribution < -0.4 is 10.3 Å². The maximum atomic E-state index is 13.3. The number of ether oxygens (including phenoxy) is 1. The summed E-state index contributed by atoms with van der Waals surface area (Å²) >= 11 is 1.47. The molecule has 6 heteroatoms. The number of hydrogen-bond donors (Lipinski definition) is 0. The van der Waals surface area contributed by atoms with E-state index in [4.69, 9.17) is 4.74 Å². The highest BCUT2D eigenvalue weighted by atomic mass is 32.2. The quantitative estimate of drug-likeness (QED) is 0.635. The summed E-state index contributed by atoms with van der Waals surface area (Å²) in [6.45, 7) is 0.389. The number of methoxy groups -OCH3 is 1. The maximum Gasteiger partial charge on any atom is 0.258 e. The fraction of sp³-hybridized carbons (Fsp3) is 0.318. The molecular formula is C22H20N2O3S. The number of thioether (sulfide) groups is 1. The summed E-state index contributed by atoms with van der Waals surface area (Å²) < 4.78 is 7.23. The van der Waals surface area contributed by atoms with E-state index in [0.29, 0.717) is 13.0 Å². The first-order valence-corrected chi connectivity index (χ1v) is 10.4. The van der Waals surface area contributed by atoms with Gasteiger partial charge in [0.2, 0.25) is 0 Å². The van der Waals surface area contributed by atoms with Crippen molar-refractivity contribution in [3.63, 3.8) is 0 Å². The zero-order valence-electron chi connectivity index (χ0n) is 15.6. The minimum atomic E-state index is -0.133. The predicted octanol–water partition coefficient (Wildman–Crippen LogP) is 3.76. The van der Waals surface area contributed by atoms with Crippen molar-refractivity contribution in [3.8, 4) is 5.75 Å². The first-order valence-electron chi connectivity index (χ1n) is 9.50. The van der Waals surface area contributed by atoms with Crippen LogP contribution in [0.1, 0.15) is 36.3 Å². The molecule has 2 heterocycles. The molecule has 3 aromatic rings. The third-order valence-corrected chi connectivity index (χ3v) is 7.21. The average molecular weight is 392 g/mol. The Kier molecular flexibility index (Phi) is 4.23. The standard InChI is InChI=1S/C22H20N2O3S/c1-27-18-10-9-13-5-2-3-6-14(13)16(18)11-24-12-23-21-19(22(24)26)15-7-4-8-17(25)20(15)28-21/h2-3,5-6,9-10,12,15,20H,4,7-8,11H2,1H3. The lowest BCUT2D eigenvalue weighted by molar-refractivity contribution is -0.120. The summed E-state index contributed by atoms with van der Waals surface area (Å²) in [5.41, 5.74) is 1.66. The molecule has 0 spiro atoms. The summed E-state index contributed by atoms with van der Waals surface area (Å²) in [6, 6.07) is 12.1. The number of rotatable bonds is 3. The number of carbonyl (C=O) groups is 1. The highest BCUT2D eigenvalue weighted by Crippen LogP contribution is 2.48. The van der Waals surface area contributed by atoms with Gasteiger partial charge in [-0.1, -0.05) is 42.1 Å². The molecule has 2 aliphatic rings. The lowest BCUT2D eigenvalue weighted by Gasteiger charge is -2.22. The molecule has 1 aliphatic heterocycles. The summed E-state index contributed by atoms with van der Waals surface area (Å²) in [4.78, 5) is 30.2. The fourth-order valence-electron chi connectivity index (χ4n) is 4.43. The molecule has 1 aromatic heterocycles. The van der Waals surface area contributed by atoms with Gasteiger partial charge in [0.1, 0.15) is 16.6 Å². The van der Waals surface area contributed by atoms with Crippen molar-refractivity contribution in [1.29, 1.82) is 0 Å². The number of carbonyl (C=O) groups excluding carboxylic acids is 1. The Hall–Kier alpha value is -2.60. The minimum Gasteiger partial charge on any atom is -0.496 e. The molecule has 2 atom stereocenters. The van der Waals surface area contributed by atoms with Crippen LogP contribution in [-0.2, 0) is 11.3 Å². The van der Waals surface area contributed by atoms with Crippen LogP contribution in [0.5, 0.6) is 5.75 Å². The number of hydrogen-bond acceptors (Lipinski definition) is 5. The molecule has 5 rings (SSSR count). The van der Waals surface area contributed by atoms with Crippen LogP contribution in [0.3, 0.4) is 0 Å². The first-order chi connectivity index (χ1) is 13.7. The van der Waals surface area contributed by atoms with Gasteiger partial charge in [0.05, 0.1) is 30.8 Å². The number of aromatic nitrogens is 2. The Balaban J connectivity index is 1.61. The predicted molar refractivity (Wildman–Crippen MR) is 109 cm³/mol. The van der Waals surface area contributed by atoms with Crippen molar-refractivity contribution in [2.45, 2.75) is 42.0 Å². The second-order valence-corrected chi connectivity index (χ2v) is 8.50. The van der Waals surface area contributed by atoms with Crippen LogP contribution in [0.2, 0.25) is 0 Å². The monoisotopic (exact) mass is 392 g/mol. The molecule has 1 aliphatic carbocycles. The molecule has 0 radical (unpaired) electrons. The highest BCUT2D eigenvalue weighted by molar-refractivity contribution is 8.01. The zero-order chi connectivity index (χ0) is 19.3. The average Bonchev–Trinajstić information content (AvgIpc) is 3.11. The van der Waals surface area contributed by atoms with Crippen LogP contribution in [0.4, 0.5) is 0 Å². The van der Waals surface area contributed by atoms with E-state index >= 15 is 0 Å². The summed E-state index contributed by atoms with van der Waals surface area (Å²) in [7, 11) is 1.65. The maximum absolute atomic E-state index is 13.3. The molecule has 28 heavy (non-hydrogen) atoms. The van der Waals surface area contributed by atoms with E-state index in [1.807, 2.05) is 30.3 Å². The van der Waals surface area contributed by atoms with Gasteiger partial charge < -0.3 is 4.74 Å². The van der Waals surface area contributed by atoms with Crippen LogP contribution in [-0.4, -0.2) is 27.7 Å². The molecule has 0 amide bonds. The molecular weight excluding hydrogens is 372 g/mol. The van der Waals surface area contributed by atoms with Crippen molar-refractivity contribution in [2.24, 2.45) is 0 Å². The molecule has 0 saturated heterocycles. The molecule has 2 unspecified atom stereocenters. The van der Waals surface area contributed by atoms with Crippen LogP contribution in [0.25, 0.3) is 10.8 Å². The van der Waals surface area contributed by atoms with E-state index in [2.05, 4.69) is 11.1 Å². The van der Waals surface area contributed by atoms with Crippen LogP contribution in [0.15, 0.2) is 52.5 Å². The van der Waals surface area contributed by atoms with Gasteiger partial charge in [-0.15, -0.1) is 0 Å². The third-order valence-electron chi connectivity index (χ3n) is 5.81. The summed E-state index contributed by atoms with van der Waals surface area (Å²) in [6.07, 6.45) is 3.96. The molecule has 5 nitrogen and oxygen atoms in total. The van der Waals surface area contributed by atoms with Gasteiger partial charge in [0.15, 0.2) is 0 Å². The van der Waals surface area contributed by atoms with Crippen molar-refractivity contribution >= 4 is 28.3 Å². The second-order valence-electron chi connectivity index (χ2n) is 7.37. The van der Waals surface area contributed by atoms with Gasteiger partial charge in [0.25, 0.3) is 5.56 Å². The SMILES string of the molecule is COc1ccc2ccccc2c1Cn1cnc2c(c1=O)C1CCCC(=O)C1S2. The van der Waals surface area contributed by atoms with Gasteiger partial charge in [-0.25, -0.2) is 4.98 Å². The van der Waals surface area contributed by atoms with Gasteiger partial charge in [0, 0.05) is 17.9 Å². The Morgan fingerprint density at radius 2 is 2.07 bits per heavy atom. The Morgan fingerprint density at radius 3 is 2.93 bits per heavy atom. The Morgan fingerprint density at radius 1 is 1.21 bits per heavy atom. The first kappa shape index (κ1) is 17.5. The van der Waals surface area contributed by atoms with Crippen molar-refractivity contribution < 1.29 is 9.53 Å². The lowest BCUT2D eigenvalue weighted by Crippen LogP contribution is -2.31. The number of benzene rings is 2. The van der Waals surface area contributed by atoms with Gasteiger partial charge >= 0.3 is 0 Å². The number of fused-ring (bicyclic) bond motifs is 4. The minimum absolute atomic E-state index is 0.00288. The molecule has 0 bridgehead atoms. The molecule has 0 N–H and O–H groups in total. The second kappa shape index (κ2) is 6.78. The third kappa shape index (κ3) is 2.66. The van der Waals surface area contributed by atoms with Gasteiger partial charge in [-0.05, 0) is 29.7 Å². The van der Waals surface area contributed by atoms with E-state index in [1.165, 1.54) is 11.8 Å². The Bertz CT molecular complexity index is 1150. The lowest BCUT2D eigenvalue weighted by atomic mass is 9.84. The largest absolute Gasteiger partial charge is 0.496 e. The van der Waals surface area contributed by atoms with Crippen molar-refractivity contribution in [3.05, 3.63) is 64.2 Å². The normalized spacial score (nSPS) is 20.8. The van der Waals surface area contributed by atoms with E-state index in [1.54, 1.807) is 18.0 Å². The van der Waals surface area contributed by atoms with Crippen LogP contribution in [0, 0.1) is 0 Å². The van der Waals surface area contributed by atoms with Crippen molar-refractivity contribution in [2.75, 3.05) is 7.11 Å². The molecule has 142 valence electrons. The zero-order valence-corrected chi connectivity index (χ0v) is 16.4. The molecule has 2 aromatic carbocycles. The Labute approximate surface area is 166 Å². The summed E-state index contributed by atoms with van der Waals surface area (Å²) in [5, 5.41) is 2.77. The number of Topliss-reactive ketones (excluding diaryl/α,β-unsaturated/α-hetero) is 1. The van der Waals surface area contributed by atoms with E-state index in [0.717, 1.165) is 45.5 Å². The number of ketones is 1. The molecule has 1 saturated carbocycles. The summed E-state index contributed by atoms with van der Waals surface area (Å²) in [5.74, 6) is 1.01. The van der Waals surface area contributed by atoms with E-state index in [9.17, 15) is 9.59 Å². The number of nitrogens with zero attached hydrogens (tertiary/aromatic N) is 2. The smallest absolute Gasteiger partial charge is 0.258 e. The van der Waals surface area contributed by atoms with Crippen LogP contribution >= 0.6 is 11.8 Å². The van der Waals surface area contributed by atoms with Crippen molar-refractivity contribution in [1.82, 2.24) is 9.55 Å². The van der Waals surface area contributed by atoms with Gasteiger partial charge in [-0.3, -0.25) is 14.2 Å². The molecule has 1 fully saturated rings.